The SMILES string of the molecule is CCc1oc(N)nc1-c1ccc2oc(=O)n(C)c2c1. The molecule has 0 saturated heterocycles. The maximum Gasteiger partial charge on any atom is 0.419 e. The maximum atomic E-state index is 11.5. The number of rotatable bonds is 2. The molecule has 0 amide bonds. The fourth-order valence-electron chi connectivity index (χ4n) is 2.11. The number of nitrogens with zero attached hydrogens (tertiary/aromatic N) is 2. The summed E-state index contributed by atoms with van der Waals surface area (Å²) in [7, 11) is 1.66. The van der Waals surface area contributed by atoms with E-state index in [2.05, 4.69) is 4.98 Å². The Morgan fingerprint density at radius 1 is 1.37 bits per heavy atom. The van der Waals surface area contributed by atoms with Crippen LogP contribution < -0.4 is 11.5 Å². The standard InChI is InChI=1S/C13H13N3O3/c1-3-9-11(15-12(14)18-9)7-4-5-10-8(6-7)16(2)13(17)19-10/h4-6H,3H2,1-2H3,(H2,14,15). The number of nitrogen functional groups attached to an aromatic ring is 1. The summed E-state index contributed by atoms with van der Waals surface area (Å²) in [6.45, 7) is 1.97. The predicted molar refractivity (Wildman–Crippen MR) is 70.7 cm³/mol. The summed E-state index contributed by atoms with van der Waals surface area (Å²) in [6, 6.07) is 5.57. The first-order chi connectivity index (χ1) is 9.10. The van der Waals surface area contributed by atoms with Gasteiger partial charge in [0.05, 0.1) is 5.52 Å². The highest BCUT2D eigenvalue weighted by molar-refractivity contribution is 5.80. The Morgan fingerprint density at radius 3 is 2.89 bits per heavy atom. The minimum atomic E-state index is -0.387. The highest BCUT2D eigenvalue weighted by atomic mass is 16.4. The van der Waals surface area contributed by atoms with E-state index in [0.29, 0.717) is 23.2 Å². The third kappa shape index (κ3) is 1.72. The highest BCUT2D eigenvalue weighted by Crippen LogP contribution is 2.28. The third-order valence-corrected chi connectivity index (χ3v) is 3.10. The number of hydrogen-bond donors (Lipinski definition) is 1. The number of benzene rings is 1. The van der Waals surface area contributed by atoms with Crippen molar-refractivity contribution in [2.75, 3.05) is 5.73 Å². The van der Waals surface area contributed by atoms with Crippen LogP contribution in [0.4, 0.5) is 6.01 Å². The van der Waals surface area contributed by atoms with Crippen molar-refractivity contribution in [3.05, 3.63) is 34.5 Å². The minimum absolute atomic E-state index is 0.146. The molecule has 0 atom stereocenters. The summed E-state index contributed by atoms with van der Waals surface area (Å²) in [5, 5.41) is 0. The van der Waals surface area contributed by atoms with Gasteiger partial charge in [-0.1, -0.05) is 6.92 Å². The molecule has 0 bridgehead atoms. The fourth-order valence-corrected chi connectivity index (χ4v) is 2.11. The lowest BCUT2D eigenvalue weighted by atomic mass is 10.1. The number of aryl methyl sites for hydroxylation is 2. The zero-order valence-corrected chi connectivity index (χ0v) is 10.6. The number of anilines is 1. The van der Waals surface area contributed by atoms with Crippen LogP contribution in [-0.2, 0) is 13.5 Å². The number of oxazole rings is 2. The first-order valence-corrected chi connectivity index (χ1v) is 5.95. The Balaban J connectivity index is 2.25. The Morgan fingerprint density at radius 2 is 2.16 bits per heavy atom. The molecule has 2 aromatic heterocycles. The van der Waals surface area contributed by atoms with Gasteiger partial charge in [-0.3, -0.25) is 4.57 Å². The molecule has 0 saturated carbocycles. The number of nitrogens with two attached hydrogens (primary N) is 1. The van der Waals surface area contributed by atoms with Gasteiger partial charge in [0, 0.05) is 19.0 Å². The molecule has 3 rings (SSSR count). The van der Waals surface area contributed by atoms with Crippen molar-refractivity contribution in [2.24, 2.45) is 7.05 Å². The molecule has 0 radical (unpaired) electrons. The van der Waals surface area contributed by atoms with E-state index in [-0.39, 0.29) is 11.8 Å². The van der Waals surface area contributed by atoms with Gasteiger partial charge in [-0.15, -0.1) is 0 Å². The summed E-state index contributed by atoms with van der Waals surface area (Å²) in [6.07, 6.45) is 0.696. The van der Waals surface area contributed by atoms with E-state index in [1.165, 1.54) is 4.57 Å². The van der Waals surface area contributed by atoms with E-state index in [1.54, 1.807) is 13.1 Å². The van der Waals surface area contributed by atoms with Crippen molar-refractivity contribution >= 4 is 17.1 Å². The molecular formula is C13H13N3O3. The van der Waals surface area contributed by atoms with E-state index in [9.17, 15) is 4.79 Å². The second-order valence-corrected chi connectivity index (χ2v) is 4.29. The second kappa shape index (κ2) is 4.01. The fraction of sp³-hybridized carbons (Fsp3) is 0.231. The van der Waals surface area contributed by atoms with Gasteiger partial charge >= 0.3 is 5.76 Å². The van der Waals surface area contributed by atoms with Crippen molar-refractivity contribution < 1.29 is 8.83 Å². The van der Waals surface area contributed by atoms with Crippen LogP contribution in [0.2, 0.25) is 0 Å². The van der Waals surface area contributed by atoms with Gasteiger partial charge in [0.15, 0.2) is 5.58 Å². The molecule has 2 heterocycles. The summed E-state index contributed by atoms with van der Waals surface area (Å²) >= 11 is 0. The first kappa shape index (κ1) is 11.6. The van der Waals surface area contributed by atoms with Crippen molar-refractivity contribution in [3.8, 4) is 11.3 Å². The average Bonchev–Trinajstić information content (AvgIpc) is 2.91. The first-order valence-electron chi connectivity index (χ1n) is 5.95. The second-order valence-electron chi connectivity index (χ2n) is 4.29. The zero-order chi connectivity index (χ0) is 13.6. The minimum Gasteiger partial charge on any atom is -0.428 e. The molecule has 0 aliphatic rings. The lowest BCUT2D eigenvalue weighted by molar-refractivity contribution is 0.528. The van der Waals surface area contributed by atoms with E-state index in [1.807, 2.05) is 19.1 Å². The molecule has 6 heteroatoms. The molecule has 0 fully saturated rings. The zero-order valence-electron chi connectivity index (χ0n) is 10.6. The highest BCUT2D eigenvalue weighted by Gasteiger charge is 2.14. The summed E-state index contributed by atoms with van der Waals surface area (Å²) in [5.41, 5.74) is 8.40. The summed E-state index contributed by atoms with van der Waals surface area (Å²) in [5.74, 6) is 0.341. The molecule has 3 aromatic rings. The Kier molecular flexibility index (Phi) is 2.45. The van der Waals surface area contributed by atoms with Crippen molar-refractivity contribution in [1.82, 2.24) is 9.55 Å². The molecule has 98 valence electrons. The van der Waals surface area contributed by atoms with Crippen LogP contribution in [0.5, 0.6) is 0 Å². The van der Waals surface area contributed by atoms with Crippen LogP contribution in [0, 0.1) is 0 Å². The van der Waals surface area contributed by atoms with E-state index in [0.717, 1.165) is 11.3 Å². The third-order valence-electron chi connectivity index (χ3n) is 3.10. The van der Waals surface area contributed by atoms with Crippen LogP contribution in [0.15, 0.2) is 31.8 Å². The quantitative estimate of drug-likeness (QED) is 0.759. The van der Waals surface area contributed by atoms with E-state index < -0.39 is 0 Å². The molecule has 19 heavy (non-hydrogen) atoms. The van der Waals surface area contributed by atoms with Crippen molar-refractivity contribution in [2.45, 2.75) is 13.3 Å². The molecule has 0 aliphatic carbocycles. The molecule has 0 unspecified atom stereocenters. The Bertz CT molecular complexity index is 810. The van der Waals surface area contributed by atoms with Crippen molar-refractivity contribution in [3.63, 3.8) is 0 Å². The monoisotopic (exact) mass is 259 g/mol. The molecule has 1 aromatic carbocycles. The smallest absolute Gasteiger partial charge is 0.419 e. The van der Waals surface area contributed by atoms with Crippen LogP contribution >= 0.6 is 0 Å². The number of hydrogen-bond acceptors (Lipinski definition) is 5. The van der Waals surface area contributed by atoms with Crippen LogP contribution in [-0.4, -0.2) is 9.55 Å². The van der Waals surface area contributed by atoms with E-state index in [4.69, 9.17) is 14.6 Å². The lowest BCUT2D eigenvalue weighted by Gasteiger charge is -1.99. The van der Waals surface area contributed by atoms with Gasteiger partial charge in [-0.05, 0) is 18.2 Å². The van der Waals surface area contributed by atoms with Gasteiger partial charge < -0.3 is 14.6 Å². The molecular weight excluding hydrogens is 246 g/mol. The normalized spacial score (nSPS) is 11.3. The summed E-state index contributed by atoms with van der Waals surface area (Å²) in [4.78, 5) is 15.6. The molecule has 2 N–H and O–H groups in total. The van der Waals surface area contributed by atoms with Crippen LogP contribution in [0.1, 0.15) is 12.7 Å². The van der Waals surface area contributed by atoms with Gasteiger partial charge in [-0.2, -0.15) is 4.98 Å². The molecule has 0 aliphatic heterocycles. The lowest BCUT2D eigenvalue weighted by Crippen LogP contribution is -2.08. The largest absolute Gasteiger partial charge is 0.428 e. The molecule has 0 spiro atoms. The number of aromatic nitrogens is 2. The molecule has 6 nitrogen and oxygen atoms in total. The predicted octanol–water partition coefficient (Wildman–Crippen LogP) is 1.93. The average molecular weight is 259 g/mol. The van der Waals surface area contributed by atoms with Gasteiger partial charge in [0.25, 0.3) is 6.01 Å². The van der Waals surface area contributed by atoms with Gasteiger partial charge in [-0.25, -0.2) is 4.79 Å². The van der Waals surface area contributed by atoms with Crippen molar-refractivity contribution in [1.29, 1.82) is 0 Å². The van der Waals surface area contributed by atoms with Gasteiger partial charge in [0.2, 0.25) is 0 Å². The van der Waals surface area contributed by atoms with E-state index >= 15 is 0 Å². The maximum absolute atomic E-state index is 11.5. The Labute approximate surface area is 108 Å². The summed E-state index contributed by atoms with van der Waals surface area (Å²) < 4.78 is 11.9. The van der Waals surface area contributed by atoms with Crippen LogP contribution in [0.25, 0.3) is 22.4 Å². The number of fused-ring (bicyclic) bond motifs is 1. The van der Waals surface area contributed by atoms with Gasteiger partial charge in [0.1, 0.15) is 11.5 Å². The topological polar surface area (TPSA) is 87.2 Å². The van der Waals surface area contributed by atoms with Crippen LogP contribution in [0.3, 0.4) is 0 Å². The Hall–Kier alpha value is -2.50.